The Morgan fingerprint density at radius 1 is 1.09 bits per heavy atom. The van der Waals surface area contributed by atoms with E-state index < -0.39 is 34.6 Å². The number of hydrogen-bond acceptors (Lipinski definition) is 5. The van der Waals surface area contributed by atoms with Crippen LogP contribution in [0, 0.1) is 28.1 Å². The van der Waals surface area contributed by atoms with Crippen LogP contribution in [-0.4, -0.2) is 23.1 Å². The van der Waals surface area contributed by atoms with Crippen LogP contribution in [0.4, 0.5) is 0 Å². The lowest BCUT2D eigenvalue weighted by Gasteiger charge is -2.22. The number of benzene rings is 2. The Kier molecular flexibility index (Phi) is 6.47. The van der Waals surface area contributed by atoms with E-state index in [9.17, 15) is 20.0 Å². The van der Waals surface area contributed by atoms with Crippen molar-refractivity contribution in [2.75, 3.05) is 0 Å². The van der Waals surface area contributed by atoms with Crippen molar-refractivity contribution in [3.63, 3.8) is 0 Å². The van der Waals surface area contributed by atoms with E-state index in [4.69, 9.17) is 9.47 Å². The lowest BCUT2D eigenvalue weighted by atomic mass is 9.78. The standard InChI is InChI=1S/C28H29NO5/c1-27(2)24(15-16-25(30)34-21-12-6-7-13-21)28(27,26(31)32)23(18-29)19-9-8-14-22(17-19)33-20-10-4-3-5-11-20/h3-5,8-11,14-17,21,23-24H,6-7,12-13H2,1-2H3,(H,31,32)/t23?,24-,28+/m0/s1. The third kappa shape index (κ3) is 4.19. The molecule has 0 spiro atoms. The molecule has 2 fully saturated rings. The van der Waals surface area contributed by atoms with Gasteiger partial charge < -0.3 is 14.6 Å². The molecule has 6 heteroatoms. The Morgan fingerprint density at radius 2 is 1.76 bits per heavy atom. The number of carbonyl (C=O) groups excluding carboxylic acids is 1. The number of aliphatic carboxylic acids is 1. The van der Waals surface area contributed by atoms with E-state index in [0.29, 0.717) is 17.1 Å². The highest BCUT2D eigenvalue weighted by Gasteiger charge is 2.78. The fourth-order valence-corrected chi connectivity index (χ4v) is 5.52. The summed E-state index contributed by atoms with van der Waals surface area (Å²) >= 11 is 0. The van der Waals surface area contributed by atoms with Gasteiger partial charge in [0.05, 0.1) is 12.0 Å². The van der Waals surface area contributed by atoms with Crippen LogP contribution in [0.1, 0.15) is 51.0 Å². The van der Waals surface area contributed by atoms with E-state index in [1.54, 1.807) is 30.3 Å². The zero-order chi connectivity index (χ0) is 24.3. The van der Waals surface area contributed by atoms with Crippen molar-refractivity contribution in [3.05, 3.63) is 72.3 Å². The van der Waals surface area contributed by atoms with E-state index in [2.05, 4.69) is 6.07 Å². The maximum atomic E-state index is 12.7. The molecule has 0 amide bonds. The minimum absolute atomic E-state index is 0.0622. The number of carbonyl (C=O) groups is 2. The van der Waals surface area contributed by atoms with Crippen LogP contribution < -0.4 is 4.74 Å². The number of carboxylic acids is 1. The van der Waals surface area contributed by atoms with Gasteiger partial charge >= 0.3 is 11.9 Å². The summed E-state index contributed by atoms with van der Waals surface area (Å²) < 4.78 is 11.4. The molecule has 2 aromatic carbocycles. The summed E-state index contributed by atoms with van der Waals surface area (Å²) in [6.07, 6.45) is 6.72. The van der Waals surface area contributed by atoms with E-state index in [1.807, 2.05) is 44.2 Å². The molecule has 2 aliphatic carbocycles. The van der Waals surface area contributed by atoms with Gasteiger partial charge in [0.2, 0.25) is 0 Å². The minimum atomic E-state index is -1.38. The van der Waals surface area contributed by atoms with Crippen molar-refractivity contribution < 1.29 is 24.2 Å². The number of ether oxygens (including phenoxy) is 2. The maximum absolute atomic E-state index is 12.7. The van der Waals surface area contributed by atoms with Gasteiger partial charge in [-0.25, -0.2) is 4.79 Å². The summed E-state index contributed by atoms with van der Waals surface area (Å²) in [7, 11) is 0. The first-order chi connectivity index (χ1) is 16.3. The predicted molar refractivity (Wildman–Crippen MR) is 126 cm³/mol. The number of para-hydroxylation sites is 1. The number of allylic oxidation sites excluding steroid dienone is 1. The molecule has 2 aromatic rings. The number of hydrogen-bond donors (Lipinski definition) is 1. The largest absolute Gasteiger partial charge is 0.481 e. The van der Waals surface area contributed by atoms with E-state index in [-0.39, 0.29) is 6.10 Å². The molecule has 0 aromatic heterocycles. The second kappa shape index (κ2) is 9.34. The van der Waals surface area contributed by atoms with E-state index >= 15 is 0 Å². The first kappa shape index (κ1) is 23.6. The van der Waals surface area contributed by atoms with Crippen molar-refractivity contribution in [1.29, 1.82) is 5.26 Å². The number of nitrogens with zero attached hydrogens (tertiary/aromatic N) is 1. The maximum Gasteiger partial charge on any atom is 0.330 e. The summed E-state index contributed by atoms with van der Waals surface area (Å²) in [6, 6.07) is 18.5. The summed E-state index contributed by atoms with van der Waals surface area (Å²) in [5.74, 6) is -1.78. The fourth-order valence-electron chi connectivity index (χ4n) is 5.52. The Morgan fingerprint density at radius 3 is 2.41 bits per heavy atom. The zero-order valence-corrected chi connectivity index (χ0v) is 19.4. The van der Waals surface area contributed by atoms with Crippen molar-refractivity contribution >= 4 is 11.9 Å². The smallest absolute Gasteiger partial charge is 0.330 e. The second-order valence-electron chi connectivity index (χ2n) is 9.63. The number of esters is 1. The second-order valence-corrected chi connectivity index (χ2v) is 9.63. The molecule has 34 heavy (non-hydrogen) atoms. The van der Waals surface area contributed by atoms with E-state index in [1.165, 1.54) is 6.08 Å². The Balaban J connectivity index is 1.59. The summed E-state index contributed by atoms with van der Waals surface area (Å²) in [6.45, 7) is 3.65. The molecule has 0 aliphatic heterocycles. The van der Waals surface area contributed by atoms with Crippen molar-refractivity contribution in [1.82, 2.24) is 0 Å². The average Bonchev–Trinajstić information content (AvgIpc) is 3.09. The van der Waals surface area contributed by atoms with Gasteiger partial charge in [0.1, 0.15) is 23.0 Å². The van der Waals surface area contributed by atoms with Crippen LogP contribution in [0.2, 0.25) is 0 Å². The SMILES string of the molecule is CC1(C)[C@H](C=CC(=O)OC2CCCC2)[C@@]1(C(=O)O)C(C#N)c1cccc(Oc2ccccc2)c1. The topological polar surface area (TPSA) is 96.6 Å². The summed E-state index contributed by atoms with van der Waals surface area (Å²) in [5.41, 5.74) is -1.55. The summed E-state index contributed by atoms with van der Waals surface area (Å²) in [4.78, 5) is 25.0. The molecule has 6 nitrogen and oxygen atoms in total. The van der Waals surface area contributed by atoms with Crippen LogP contribution >= 0.6 is 0 Å². The molecule has 1 N–H and O–H groups in total. The van der Waals surface area contributed by atoms with Gasteiger partial charge in [-0.05, 0) is 60.9 Å². The first-order valence-electron chi connectivity index (χ1n) is 11.7. The normalized spacial score (nSPS) is 24.3. The van der Waals surface area contributed by atoms with Crippen LogP contribution in [0.25, 0.3) is 0 Å². The number of rotatable bonds is 8. The molecule has 3 atom stereocenters. The Bertz CT molecular complexity index is 1130. The quantitative estimate of drug-likeness (QED) is 0.393. The molecular weight excluding hydrogens is 430 g/mol. The number of carboxylic acid groups (broad SMARTS) is 1. The van der Waals surface area contributed by atoms with E-state index in [0.717, 1.165) is 25.7 Å². The molecule has 0 saturated heterocycles. The molecule has 2 saturated carbocycles. The lowest BCUT2D eigenvalue weighted by molar-refractivity contribution is -0.146. The number of nitriles is 1. The Labute approximate surface area is 199 Å². The van der Waals surface area contributed by atoms with Gasteiger partial charge in [-0.15, -0.1) is 0 Å². The van der Waals surface area contributed by atoms with Crippen molar-refractivity contribution in [2.45, 2.75) is 51.6 Å². The molecule has 2 aliphatic rings. The van der Waals surface area contributed by atoms with Crippen LogP contribution in [0.15, 0.2) is 66.7 Å². The molecule has 1 unspecified atom stereocenters. The average molecular weight is 460 g/mol. The highest BCUT2D eigenvalue weighted by Crippen LogP contribution is 2.75. The Hall–Kier alpha value is -3.59. The van der Waals surface area contributed by atoms with Crippen LogP contribution in [0.3, 0.4) is 0 Å². The molecular formula is C28H29NO5. The van der Waals surface area contributed by atoms with Crippen LogP contribution in [-0.2, 0) is 14.3 Å². The highest BCUT2D eigenvalue weighted by atomic mass is 16.5. The first-order valence-corrected chi connectivity index (χ1v) is 11.7. The highest BCUT2D eigenvalue weighted by molar-refractivity contribution is 5.86. The van der Waals surface area contributed by atoms with Crippen molar-refractivity contribution in [3.8, 4) is 17.6 Å². The van der Waals surface area contributed by atoms with Gasteiger partial charge in [-0.2, -0.15) is 5.26 Å². The summed E-state index contributed by atoms with van der Waals surface area (Å²) in [5, 5.41) is 20.5. The molecule has 176 valence electrons. The molecule has 0 heterocycles. The lowest BCUT2D eigenvalue weighted by Crippen LogP contribution is -2.28. The van der Waals surface area contributed by atoms with Crippen molar-refractivity contribution in [2.24, 2.45) is 16.7 Å². The zero-order valence-electron chi connectivity index (χ0n) is 19.4. The van der Waals surface area contributed by atoms with Gasteiger partial charge in [-0.1, -0.05) is 50.3 Å². The molecule has 0 bridgehead atoms. The third-order valence-corrected chi connectivity index (χ3v) is 7.37. The third-order valence-electron chi connectivity index (χ3n) is 7.37. The van der Waals surface area contributed by atoms with Gasteiger partial charge in [0, 0.05) is 12.0 Å². The molecule has 0 radical (unpaired) electrons. The van der Waals surface area contributed by atoms with Gasteiger partial charge in [0.15, 0.2) is 0 Å². The minimum Gasteiger partial charge on any atom is -0.481 e. The monoisotopic (exact) mass is 459 g/mol. The van der Waals surface area contributed by atoms with Crippen LogP contribution in [0.5, 0.6) is 11.5 Å². The van der Waals surface area contributed by atoms with Gasteiger partial charge in [0.25, 0.3) is 0 Å². The molecule has 4 rings (SSSR count). The predicted octanol–water partition coefficient (Wildman–Crippen LogP) is 5.86. The van der Waals surface area contributed by atoms with Gasteiger partial charge in [-0.3, -0.25) is 4.79 Å². The fraction of sp³-hybridized carbons (Fsp3) is 0.393.